The van der Waals surface area contributed by atoms with Gasteiger partial charge in [-0.1, -0.05) is 18.2 Å². The van der Waals surface area contributed by atoms with Gasteiger partial charge in [-0.3, -0.25) is 4.79 Å². The third kappa shape index (κ3) is 3.85. The zero-order chi connectivity index (χ0) is 15.4. The summed E-state index contributed by atoms with van der Waals surface area (Å²) >= 11 is 3.46. The van der Waals surface area contributed by atoms with E-state index in [-0.39, 0.29) is 5.91 Å². The Kier molecular flexibility index (Phi) is 5.02. The molecule has 1 amide bonds. The molecule has 0 aliphatic carbocycles. The maximum atomic E-state index is 12.5. The molecule has 0 bridgehead atoms. The van der Waals surface area contributed by atoms with Crippen LogP contribution in [0.25, 0.3) is 0 Å². The van der Waals surface area contributed by atoms with Gasteiger partial charge in [-0.2, -0.15) is 0 Å². The van der Waals surface area contributed by atoms with Crippen LogP contribution in [-0.4, -0.2) is 25.0 Å². The highest BCUT2D eigenvalue weighted by atomic mass is 79.9. The summed E-state index contributed by atoms with van der Waals surface area (Å²) in [6.45, 7) is 2.54. The lowest BCUT2D eigenvalue weighted by Gasteiger charge is -2.18. The smallest absolute Gasteiger partial charge is 0.255 e. The van der Waals surface area contributed by atoms with Gasteiger partial charge in [0.05, 0.1) is 12.7 Å². The fourth-order valence-electron chi connectivity index (χ4n) is 2.12. The highest BCUT2D eigenvalue weighted by Gasteiger charge is 2.15. The van der Waals surface area contributed by atoms with Crippen molar-refractivity contribution in [2.24, 2.45) is 0 Å². The molecular formula is C17H18BrNO2. The lowest BCUT2D eigenvalue weighted by Crippen LogP contribution is -2.26. The Balaban J connectivity index is 2.15. The molecule has 2 aromatic carbocycles. The number of halogens is 1. The van der Waals surface area contributed by atoms with Crippen molar-refractivity contribution in [3.05, 3.63) is 63.6 Å². The molecule has 2 aromatic rings. The molecule has 0 saturated carbocycles. The number of benzene rings is 2. The summed E-state index contributed by atoms with van der Waals surface area (Å²) in [4.78, 5) is 14.2. The quantitative estimate of drug-likeness (QED) is 0.835. The van der Waals surface area contributed by atoms with Crippen LogP contribution in [0.15, 0.2) is 46.9 Å². The number of aryl methyl sites for hydroxylation is 1. The number of nitrogens with zero attached hydrogens (tertiary/aromatic N) is 1. The summed E-state index contributed by atoms with van der Waals surface area (Å²) in [7, 11) is 3.44. The first kappa shape index (κ1) is 15.6. The molecule has 110 valence electrons. The van der Waals surface area contributed by atoms with Gasteiger partial charge in [0, 0.05) is 18.1 Å². The number of rotatable bonds is 4. The SMILES string of the molecule is COc1cccc(CN(C)C(=O)c2ccc(C)cc2Br)c1. The van der Waals surface area contributed by atoms with E-state index in [1.807, 2.05) is 49.4 Å². The first-order valence-electron chi connectivity index (χ1n) is 6.66. The highest BCUT2D eigenvalue weighted by Crippen LogP contribution is 2.21. The number of ether oxygens (including phenoxy) is 1. The number of methoxy groups -OCH3 is 1. The van der Waals surface area contributed by atoms with Crippen LogP contribution in [0.4, 0.5) is 0 Å². The zero-order valence-corrected chi connectivity index (χ0v) is 14.0. The molecule has 0 aliphatic rings. The summed E-state index contributed by atoms with van der Waals surface area (Å²) in [5, 5.41) is 0. The van der Waals surface area contributed by atoms with E-state index < -0.39 is 0 Å². The molecule has 3 nitrogen and oxygen atoms in total. The molecule has 0 radical (unpaired) electrons. The van der Waals surface area contributed by atoms with Crippen molar-refractivity contribution in [1.29, 1.82) is 0 Å². The molecule has 2 rings (SSSR count). The maximum absolute atomic E-state index is 12.5. The number of hydrogen-bond donors (Lipinski definition) is 0. The van der Waals surface area contributed by atoms with Crippen molar-refractivity contribution in [3.63, 3.8) is 0 Å². The van der Waals surface area contributed by atoms with Gasteiger partial charge in [-0.15, -0.1) is 0 Å². The second-order valence-corrected chi connectivity index (χ2v) is 5.85. The molecule has 0 aliphatic heterocycles. The van der Waals surface area contributed by atoms with Gasteiger partial charge in [-0.25, -0.2) is 0 Å². The number of carbonyl (C=O) groups is 1. The molecule has 0 heterocycles. The Bertz CT molecular complexity index is 655. The van der Waals surface area contributed by atoms with Gasteiger partial charge in [0.2, 0.25) is 0 Å². The predicted octanol–water partition coefficient (Wildman–Crippen LogP) is 4.04. The van der Waals surface area contributed by atoms with Crippen LogP contribution in [0.3, 0.4) is 0 Å². The molecule has 0 N–H and O–H groups in total. The minimum Gasteiger partial charge on any atom is -0.497 e. The topological polar surface area (TPSA) is 29.5 Å². The van der Waals surface area contributed by atoms with Crippen LogP contribution < -0.4 is 4.74 Å². The summed E-state index contributed by atoms with van der Waals surface area (Å²) in [5.74, 6) is 0.787. The monoisotopic (exact) mass is 347 g/mol. The van der Waals surface area contributed by atoms with Gasteiger partial charge in [0.25, 0.3) is 5.91 Å². The van der Waals surface area contributed by atoms with Gasteiger partial charge in [-0.05, 0) is 58.2 Å². The van der Waals surface area contributed by atoms with E-state index >= 15 is 0 Å². The van der Waals surface area contributed by atoms with Crippen molar-refractivity contribution in [3.8, 4) is 5.75 Å². The second-order valence-electron chi connectivity index (χ2n) is 5.00. The highest BCUT2D eigenvalue weighted by molar-refractivity contribution is 9.10. The average molecular weight is 348 g/mol. The summed E-state index contributed by atoms with van der Waals surface area (Å²) in [6, 6.07) is 13.5. The Hall–Kier alpha value is -1.81. The van der Waals surface area contributed by atoms with Gasteiger partial charge < -0.3 is 9.64 Å². The minimum absolute atomic E-state index is 0.00954. The molecule has 0 fully saturated rings. The Morgan fingerprint density at radius 3 is 2.67 bits per heavy atom. The Morgan fingerprint density at radius 2 is 2.00 bits per heavy atom. The zero-order valence-electron chi connectivity index (χ0n) is 12.4. The lowest BCUT2D eigenvalue weighted by atomic mass is 10.1. The van der Waals surface area contributed by atoms with Crippen molar-refractivity contribution >= 4 is 21.8 Å². The van der Waals surface area contributed by atoms with E-state index in [1.54, 1.807) is 19.1 Å². The van der Waals surface area contributed by atoms with E-state index in [1.165, 1.54) is 0 Å². The van der Waals surface area contributed by atoms with Gasteiger partial charge >= 0.3 is 0 Å². The molecule has 0 unspecified atom stereocenters. The van der Waals surface area contributed by atoms with Crippen LogP contribution in [0.1, 0.15) is 21.5 Å². The predicted molar refractivity (Wildman–Crippen MR) is 87.7 cm³/mol. The second kappa shape index (κ2) is 6.76. The fraction of sp³-hybridized carbons (Fsp3) is 0.235. The maximum Gasteiger partial charge on any atom is 0.255 e. The standard InChI is InChI=1S/C17H18BrNO2/c1-12-7-8-15(16(18)9-12)17(20)19(2)11-13-5-4-6-14(10-13)21-3/h4-10H,11H2,1-3H3. The van der Waals surface area contributed by atoms with E-state index in [9.17, 15) is 4.79 Å². The normalized spacial score (nSPS) is 10.3. The largest absolute Gasteiger partial charge is 0.497 e. The van der Waals surface area contributed by atoms with E-state index in [0.29, 0.717) is 12.1 Å². The third-order valence-electron chi connectivity index (χ3n) is 3.26. The van der Waals surface area contributed by atoms with Crippen LogP contribution in [0.5, 0.6) is 5.75 Å². The lowest BCUT2D eigenvalue weighted by molar-refractivity contribution is 0.0784. The molecule has 0 saturated heterocycles. The molecule has 0 aromatic heterocycles. The summed E-state index contributed by atoms with van der Waals surface area (Å²) in [5.41, 5.74) is 2.83. The summed E-state index contributed by atoms with van der Waals surface area (Å²) < 4.78 is 6.03. The van der Waals surface area contributed by atoms with Crippen molar-refractivity contribution in [2.75, 3.05) is 14.2 Å². The fourth-order valence-corrected chi connectivity index (χ4v) is 2.78. The number of hydrogen-bond acceptors (Lipinski definition) is 2. The molecule has 0 spiro atoms. The van der Waals surface area contributed by atoms with Crippen molar-refractivity contribution in [2.45, 2.75) is 13.5 Å². The Labute approximate surface area is 133 Å². The van der Waals surface area contributed by atoms with Gasteiger partial charge in [0.1, 0.15) is 5.75 Å². The molecular weight excluding hydrogens is 330 g/mol. The summed E-state index contributed by atoms with van der Waals surface area (Å²) in [6.07, 6.45) is 0. The minimum atomic E-state index is -0.00954. The van der Waals surface area contributed by atoms with Crippen LogP contribution in [0, 0.1) is 6.92 Å². The molecule has 21 heavy (non-hydrogen) atoms. The van der Waals surface area contributed by atoms with Gasteiger partial charge in [0.15, 0.2) is 0 Å². The Morgan fingerprint density at radius 1 is 1.24 bits per heavy atom. The molecule has 4 heteroatoms. The van der Waals surface area contributed by atoms with Crippen molar-refractivity contribution in [1.82, 2.24) is 4.90 Å². The first-order valence-corrected chi connectivity index (χ1v) is 7.45. The van der Waals surface area contributed by atoms with Crippen LogP contribution in [0.2, 0.25) is 0 Å². The van der Waals surface area contributed by atoms with Crippen molar-refractivity contribution < 1.29 is 9.53 Å². The number of amides is 1. The van der Waals surface area contributed by atoms with Crippen LogP contribution in [-0.2, 0) is 6.54 Å². The first-order chi connectivity index (χ1) is 10.0. The average Bonchev–Trinajstić information content (AvgIpc) is 2.46. The van der Waals surface area contributed by atoms with Crippen LogP contribution >= 0.6 is 15.9 Å². The number of carbonyl (C=O) groups excluding carboxylic acids is 1. The third-order valence-corrected chi connectivity index (χ3v) is 3.91. The van der Waals surface area contributed by atoms with E-state index in [0.717, 1.165) is 21.3 Å². The molecule has 0 atom stereocenters. The van der Waals surface area contributed by atoms with E-state index in [4.69, 9.17) is 4.74 Å². The van der Waals surface area contributed by atoms with E-state index in [2.05, 4.69) is 15.9 Å².